The largest absolute Gasteiger partial charge is 0.472 e. The van der Waals surface area contributed by atoms with E-state index in [1.54, 1.807) is 18.7 Å². The van der Waals surface area contributed by atoms with Crippen LogP contribution in [0.1, 0.15) is 11.1 Å². The van der Waals surface area contributed by atoms with Crippen molar-refractivity contribution < 1.29 is 4.42 Å². The molecule has 0 atom stereocenters. The summed E-state index contributed by atoms with van der Waals surface area (Å²) in [7, 11) is 0. The Kier molecular flexibility index (Phi) is 5.45. The van der Waals surface area contributed by atoms with E-state index in [0.29, 0.717) is 23.7 Å². The molecule has 1 aromatic carbocycles. The van der Waals surface area contributed by atoms with Crippen LogP contribution in [0.2, 0.25) is 0 Å². The highest BCUT2D eigenvalue weighted by Crippen LogP contribution is 2.31. The van der Waals surface area contributed by atoms with E-state index in [4.69, 9.17) is 9.40 Å². The van der Waals surface area contributed by atoms with Crippen LogP contribution in [-0.4, -0.2) is 35.1 Å². The van der Waals surface area contributed by atoms with E-state index in [0.717, 1.165) is 50.9 Å². The van der Waals surface area contributed by atoms with E-state index in [2.05, 4.69) is 59.7 Å². The molecule has 0 spiro atoms. The summed E-state index contributed by atoms with van der Waals surface area (Å²) in [5.74, 6) is 0.639. The molecule has 0 radical (unpaired) electrons. The first-order valence-corrected chi connectivity index (χ1v) is 12.2. The second-order valence-electron chi connectivity index (χ2n) is 9.02. The molecular weight excluding hydrogens is 476 g/mol. The number of imidazole rings is 1. The summed E-state index contributed by atoms with van der Waals surface area (Å²) in [6, 6.07) is 18.3. The zero-order chi connectivity index (χ0) is 25.3. The highest BCUT2D eigenvalue weighted by Gasteiger charge is 2.17. The topological polar surface area (TPSA) is 121 Å². The Hall–Kier alpha value is -5.15. The number of nitrogens with zero attached hydrogens (tertiary/aromatic N) is 5. The maximum atomic E-state index is 5.25. The molecule has 7 rings (SSSR count). The number of hydrogen-bond donors (Lipinski definition) is 3. The van der Waals surface area contributed by atoms with Gasteiger partial charge in [0.1, 0.15) is 16.9 Å². The van der Waals surface area contributed by atoms with Gasteiger partial charge in [0.2, 0.25) is 0 Å². The van der Waals surface area contributed by atoms with E-state index < -0.39 is 0 Å². The first-order valence-electron chi connectivity index (χ1n) is 12.2. The van der Waals surface area contributed by atoms with Crippen LogP contribution >= 0.6 is 0 Å². The number of nitrogens with one attached hydrogen (secondary N) is 3. The summed E-state index contributed by atoms with van der Waals surface area (Å²) < 4.78 is 5.25. The Labute approximate surface area is 217 Å². The van der Waals surface area contributed by atoms with Crippen LogP contribution in [0.4, 0.5) is 0 Å². The fourth-order valence-electron chi connectivity index (χ4n) is 4.59. The van der Waals surface area contributed by atoms with Crippen molar-refractivity contribution in [2.45, 2.75) is 13.1 Å². The fourth-order valence-corrected chi connectivity index (χ4v) is 4.59. The van der Waals surface area contributed by atoms with Crippen molar-refractivity contribution in [3.8, 4) is 33.9 Å². The van der Waals surface area contributed by atoms with Gasteiger partial charge in [-0.05, 0) is 35.4 Å². The average molecular weight is 499 g/mol. The van der Waals surface area contributed by atoms with Crippen LogP contribution in [0.5, 0.6) is 0 Å². The van der Waals surface area contributed by atoms with Gasteiger partial charge in [-0.3, -0.25) is 15.1 Å². The Balaban J connectivity index is 1.20. The van der Waals surface area contributed by atoms with Gasteiger partial charge in [-0.2, -0.15) is 5.10 Å². The van der Waals surface area contributed by atoms with Crippen molar-refractivity contribution in [2.75, 3.05) is 0 Å². The zero-order valence-corrected chi connectivity index (χ0v) is 20.2. The molecule has 0 saturated heterocycles. The minimum Gasteiger partial charge on any atom is -0.472 e. The molecule has 0 fully saturated rings. The average Bonchev–Trinajstić information content (AvgIpc) is 3.73. The number of rotatable bonds is 7. The quantitative estimate of drug-likeness (QED) is 0.265. The van der Waals surface area contributed by atoms with E-state index in [1.165, 1.54) is 5.56 Å². The van der Waals surface area contributed by atoms with Gasteiger partial charge in [0.25, 0.3) is 0 Å². The molecule has 9 heteroatoms. The van der Waals surface area contributed by atoms with Crippen molar-refractivity contribution in [2.24, 2.45) is 0 Å². The van der Waals surface area contributed by atoms with Gasteiger partial charge in [0, 0.05) is 54.6 Å². The van der Waals surface area contributed by atoms with Crippen LogP contribution in [0, 0.1) is 0 Å². The summed E-state index contributed by atoms with van der Waals surface area (Å²) in [5.41, 5.74) is 8.91. The summed E-state index contributed by atoms with van der Waals surface area (Å²) in [6.07, 6.45) is 10.6. The maximum absolute atomic E-state index is 5.25. The van der Waals surface area contributed by atoms with Crippen molar-refractivity contribution in [3.63, 3.8) is 0 Å². The zero-order valence-electron chi connectivity index (χ0n) is 20.2. The summed E-state index contributed by atoms with van der Waals surface area (Å²) in [6.45, 7) is 1.51. The molecule has 0 amide bonds. The van der Waals surface area contributed by atoms with Crippen LogP contribution in [-0.2, 0) is 13.1 Å². The lowest BCUT2D eigenvalue weighted by molar-refractivity contribution is 0.568. The first-order chi connectivity index (χ1) is 18.8. The monoisotopic (exact) mass is 498 g/mol. The molecule has 0 unspecified atom stereocenters. The Bertz CT molecular complexity index is 1850. The predicted octanol–water partition coefficient (Wildman–Crippen LogP) is 5.51. The molecule has 184 valence electrons. The molecule has 6 heterocycles. The molecule has 0 saturated carbocycles. The molecule has 6 aromatic heterocycles. The molecule has 38 heavy (non-hydrogen) atoms. The maximum Gasteiger partial charge on any atom is 0.159 e. The smallest absolute Gasteiger partial charge is 0.159 e. The Morgan fingerprint density at radius 3 is 2.61 bits per heavy atom. The lowest BCUT2D eigenvalue weighted by Gasteiger charge is -2.07. The number of fused-ring (bicyclic) bond motifs is 2. The number of furan rings is 1. The number of hydrogen-bond acceptors (Lipinski definition) is 7. The van der Waals surface area contributed by atoms with Gasteiger partial charge >= 0.3 is 0 Å². The summed E-state index contributed by atoms with van der Waals surface area (Å²) >= 11 is 0. The molecular formula is C29H22N8O. The van der Waals surface area contributed by atoms with E-state index in [1.807, 2.05) is 48.9 Å². The van der Waals surface area contributed by atoms with Crippen molar-refractivity contribution >= 4 is 22.1 Å². The standard InChI is InChI=1S/C29H22N8O/c1-2-4-18(5-3-1)12-30-13-19-10-21(15-31-14-19)22-11-23-26(36-37-28(23)33-16-22)29-34-24-6-8-32-25(27(24)35-29)20-7-9-38-17-20/h1-11,14-17,30H,12-13H2,(H,34,35)(H,33,36,37). The van der Waals surface area contributed by atoms with E-state index in [-0.39, 0.29) is 0 Å². The van der Waals surface area contributed by atoms with Crippen LogP contribution in [0.25, 0.3) is 56.0 Å². The van der Waals surface area contributed by atoms with Gasteiger partial charge in [-0.15, -0.1) is 0 Å². The number of pyridine rings is 3. The first kappa shape index (κ1) is 22.1. The van der Waals surface area contributed by atoms with Crippen LogP contribution in [0.3, 0.4) is 0 Å². The highest BCUT2D eigenvalue weighted by molar-refractivity contribution is 5.96. The third-order valence-corrected chi connectivity index (χ3v) is 6.47. The molecule has 9 nitrogen and oxygen atoms in total. The highest BCUT2D eigenvalue weighted by atomic mass is 16.3. The number of H-pyrrole nitrogens is 2. The minimum absolute atomic E-state index is 0.639. The molecule has 3 N–H and O–H groups in total. The van der Waals surface area contributed by atoms with Crippen LogP contribution < -0.4 is 5.32 Å². The number of aromatic nitrogens is 7. The van der Waals surface area contributed by atoms with Crippen molar-refractivity contribution in [1.29, 1.82) is 0 Å². The van der Waals surface area contributed by atoms with Gasteiger partial charge in [0.15, 0.2) is 11.5 Å². The Morgan fingerprint density at radius 2 is 1.71 bits per heavy atom. The lowest BCUT2D eigenvalue weighted by atomic mass is 10.1. The van der Waals surface area contributed by atoms with Crippen molar-refractivity contribution in [1.82, 2.24) is 40.4 Å². The lowest BCUT2D eigenvalue weighted by Crippen LogP contribution is -2.12. The third-order valence-electron chi connectivity index (χ3n) is 6.47. The molecule has 7 aromatic rings. The fraction of sp³-hybridized carbons (Fsp3) is 0.0690. The number of benzene rings is 1. The summed E-state index contributed by atoms with van der Waals surface area (Å²) in [5, 5.41) is 11.9. The molecule has 0 aliphatic rings. The third kappa shape index (κ3) is 4.10. The molecule has 0 bridgehead atoms. The van der Waals surface area contributed by atoms with Gasteiger partial charge in [-0.25, -0.2) is 9.97 Å². The van der Waals surface area contributed by atoms with E-state index >= 15 is 0 Å². The normalized spacial score (nSPS) is 11.5. The molecule has 0 aliphatic heterocycles. The Morgan fingerprint density at radius 1 is 0.816 bits per heavy atom. The van der Waals surface area contributed by atoms with E-state index in [9.17, 15) is 0 Å². The van der Waals surface area contributed by atoms with Gasteiger partial charge in [-0.1, -0.05) is 30.3 Å². The summed E-state index contributed by atoms with van der Waals surface area (Å²) in [4.78, 5) is 21.8. The van der Waals surface area contributed by atoms with Gasteiger partial charge in [0.05, 0.1) is 23.4 Å². The second-order valence-corrected chi connectivity index (χ2v) is 9.02. The second kappa shape index (κ2) is 9.38. The number of aromatic amines is 2. The van der Waals surface area contributed by atoms with Crippen molar-refractivity contribution in [3.05, 3.63) is 103 Å². The minimum atomic E-state index is 0.639. The SMILES string of the molecule is c1ccc(CNCc2cncc(-c3cnc4[nH]nc(-c5nc6c(-c7ccoc7)nccc6[nH]5)c4c3)c2)cc1. The predicted molar refractivity (Wildman–Crippen MR) is 145 cm³/mol. The van der Waals surface area contributed by atoms with Crippen LogP contribution in [0.15, 0.2) is 96.3 Å². The molecule has 0 aliphatic carbocycles. The van der Waals surface area contributed by atoms with Gasteiger partial charge < -0.3 is 14.7 Å².